The van der Waals surface area contributed by atoms with E-state index in [1.165, 1.54) is 6.07 Å². The van der Waals surface area contributed by atoms with Crippen molar-refractivity contribution in [1.82, 2.24) is 0 Å². The third kappa shape index (κ3) is 1.95. The first-order chi connectivity index (χ1) is 7.00. The first-order valence-corrected chi connectivity index (χ1v) is 6.31. The molecule has 0 fully saturated rings. The zero-order valence-electron chi connectivity index (χ0n) is 7.31. The number of para-hydroxylation sites is 1. The molecule has 0 saturated carbocycles. The average molecular weight is 265 g/mol. The Morgan fingerprint density at radius 2 is 1.93 bits per heavy atom. The SMILES string of the molecule is O=S1(=O)N=C(C(Cl)Cl)Nc2ccccc21. The predicted molar refractivity (Wildman–Crippen MR) is 60.2 cm³/mol. The maximum Gasteiger partial charge on any atom is 0.286 e. The fourth-order valence-corrected chi connectivity index (χ4v) is 2.71. The molecule has 1 heterocycles. The van der Waals surface area contributed by atoms with Gasteiger partial charge in [-0.1, -0.05) is 35.3 Å². The topological polar surface area (TPSA) is 58.5 Å². The highest BCUT2D eigenvalue weighted by atomic mass is 35.5. The molecule has 0 aromatic heterocycles. The van der Waals surface area contributed by atoms with Crippen LogP contribution in [0.25, 0.3) is 0 Å². The molecule has 1 aliphatic heterocycles. The zero-order valence-corrected chi connectivity index (χ0v) is 9.64. The lowest BCUT2D eigenvalue weighted by atomic mass is 10.3. The average Bonchev–Trinajstić information content (AvgIpc) is 2.16. The first-order valence-electron chi connectivity index (χ1n) is 4.00. The Morgan fingerprint density at radius 1 is 1.27 bits per heavy atom. The van der Waals surface area contributed by atoms with Gasteiger partial charge in [0.15, 0.2) is 10.7 Å². The molecule has 0 saturated heterocycles. The normalized spacial score (nSPS) is 17.9. The maximum atomic E-state index is 11.6. The molecule has 80 valence electrons. The number of benzene rings is 1. The van der Waals surface area contributed by atoms with Crippen molar-refractivity contribution < 1.29 is 8.42 Å². The molecule has 0 aliphatic carbocycles. The number of nitrogens with one attached hydrogen (secondary N) is 1. The maximum absolute atomic E-state index is 11.6. The van der Waals surface area contributed by atoms with E-state index in [0.717, 1.165) is 0 Å². The van der Waals surface area contributed by atoms with Gasteiger partial charge in [0.1, 0.15) is 4.90 Å². The van der Waals surface area contributed by atoms with Crippen LogP contribution in [-0.2, 0) is 10.0 Å². The number of amidine groups is 1. The standard InChI is InChI=1S/C8H6Cl2N2O2S/c9-7(10)8-11-5-3-1-2-4-6(5)15(13,14)12-8/h1-4,7H,(H,11,12). The smallest absolute Gasteiger partial charge is 0.286 e. The van der Waals surface area contributed by atoms with Crippen LogP contribution in [0.2, 0.25) is 0 Å². The summed E-state index contributed by atoms with van der Waals surface area (Å²) in [6, 6.07) is 6.42. The van der Waals surface area contributed by atoms with Crippen LogP contribution in [-0.4, -0.2) is 19.1 Å². The Hall–Kier alpha value is -0.780. The van der Waals surface area contributed by atoms with Crippen LogP contribution in [0, 0.1) is 0 Å². The van der Waals surface area contributed by atoms with Crippen LogP contribution in [0.1, 0.15) is 0 Å². The van der Waals surface area contributed by atoms with E-state index in [0.29, 0.717) is 5.69 Å². The minimum absolute atomic E-state index is 0.0250. The second-order valence-corrected chi connectivity index (χ2v) is 5.54. The summed E-state index contributed by atoms with van der Waals surface area (Å²) in [5.41, 5.74) is 0.439. The van der Waals surface area contributed by atoms with E-state index in [-0.39, 0.29) is 10.7 Å². The summed E-state index contributed by atoms with van der Waals surface area (Å²) >= 11 is 11.1. The van der Waals surface area contributed by atoms with Gasteiger partial charge in [0, 0.05) is 0 Å². The van der Waals surface area contributed by atoms with Gasteiger partial charge in [-0.15, -0.1) is 4.40 Å². The Bertz CT molecular complexity index is 525. The van der Waals surface area contributed by atoms with Crippen LogP contribution in [0.15, 0.2) is 33.6 Å². The predicted octanol–water partition coefficient (Wildman–Crippen LogP) is 2.00. The van der Waals surface area contributed by atoms with E-state index in [2.05, 4.69) is 9.71 Å². The second kappa shape index (κ2) is 3.66. The summed E-state index contributed by atoms with van der Waals surface area (Å²) in [7, 11) is -3.68. The van der Waals surface area contributed by atoms with Crippen molar-refractivity contribution in [3.05, 3.63) is 24.3 Å². The zero-order chi connectivity index (χ0) is 11.1. The molecule has 0 amide bonds. The van der Waals surface area contributed by atoms with E-state index >= 15 is 0 Å². The molecule has 0 unspecified atom stereocenters. The van der Waals surface area contributed by atoms with Gasteiger partial charge < -0.3 is 5.32 Å². The monoisotopic (exact) mass is 264 g/mol. The summed E-state index contributed by atoms with van der Waals surface area (Å²) in [5.74, 6) is 0.0250. The van der Waals surface area contributed by atoms with E-state index in [1.807, 2.05) is 0 Å². The molecule has 2 rings (SSSR count). The van der Waals surface area contributed by atoms with Crippen molar-refractivity contribution >= 4 is 44.7 Å². The molecule has 0 spiro atoms. The van der Waals surface area contributed by atoms with E-state index in [4.69, 9.17) is 23.2 Å². The first kappa shape index (κ1) is 10.7. The molecule has 1 aliphatic rings. The van der Waals surface area contributed by atoms with Crippen molar-refractivity contribution in [2.24, 2.45) is 4.40 Å². The fourth-order valence-electron chi connectivity index (χ4n) is 1.23. The Morgan fingerprint density at radius 3 is 2.60 bits per heavy atom. The summed E-state index contributed by atoms with van der Waals surface area (Å²) in [5, 5.41) is 2.76. The van der Waals surface area contributed by atoms with Crippen LogP contribution in [0.3, 0.4) is 0 Å². The van der Waals surface area contributed by atoms with Gasteiger partial charge in [-0.25, -0.2) is 0 Å². The largest absolute Gasteiger partial charge is 0.340 e. The van der Waals surface area contributed by atoms with Gasteiger partial charge >= 0.3 is 0 Å². The second-order valence-electron chi connectivity index (χ2n) is 2.87. The molecule has 1 aromatic carbocycles. The summed E-state index contributed by atoms with van der Waals surface area (Å²) < 4.78 is 26.8. The Labute approximate surface area is 97.0 Å². The molecule has 0 bridgehead atoms. The molecule has 0 radical (unpaired) electrons. The summed E-state index contributed by atoms with van der Waals surface area (Å²) in [6.07, 6.45) is 0. The lowest BCUT2D eigenvalue weighted by Crippen LogP contribution is -2.26. The number of hydrogen-bond donors (Lipinski definition) is 1. The van der Waals surface area contributed by atoms with Crippen molar-refractivity contribution in [3.63, 3.8) is 0 Å². The lowest BCUT2D eigenvalue weighted by molar-refractivity contribution is 0.597. The highest BCUT2D eigenvalue weighted by molar-refractivity contribution is 7.90. The molecule has 0 atom stereocenters. The highest BCUT2D eigenvalue weighted by Gasteiger charge is 2.26. The van der Waals surface area contributed by atoms with Gasteiger partial charge in [-0.2, -0.15) is 8.42 Å². The number of nitrogens with zero attached hydrogens (tertiary/aromatic N) is 1. The van der Waals surface area contributed by atoms with Crippen molar-refractivity contribution in [2.45, 2.75) is 9.73 Å². The number of anilines is 1. The van der Waals surface area contributed by atoms with Crippen LogP contribution in [0.5, 0.6) is 0 Å². The minimum Gasteiger partial charge on any atom is -0.340 e. The summed E-state index contributed by atoms with van der Waals surface area (Å²) in [4.78, 5) is -0.865. The molecule has 4 nitrogen and oxygen atoms in total. The number of sulfonamides is 1. The number of rotatable bonds is 1. The molecular weight excluding hydrogens is 259 g/mol. The molecule has 1 N–H and O–H groups in total. The molecule has 1 aromatic rings. The fraction of sp³-hybridized carbons (Fsp3) is 0.125. The molecular formula is C8H6Cl2N2O2S. The lowest BCUT2D eigenvalue weighted by Gasteiger charge is -2.18. The van der Waals surface area contributed by atoms with Gasteiger partial charge in [0.25, 0.3) is 10.0 Å². The van der Waals surface area contributed by atoms with Crippen LogP contribution in [0.4, 0.5) is 5.69 Å². The number of halogens is 2. The van der Waals surface area contributed by atoms with Gasteiger partial charge in [-0.05, 0) is 12.1 Å². The van der Waals surface area contributed by atoms with E-state index < -0.39 is 14.9 Å². The van der Waals surface area contributed by atoms with Gasteiger partial charge in [0.05, 0.1) is 5.69 Å². The van der Waals surface area contributed by atoms with Crippen LogP contribution < -0.4 is 5.32 Å². The van der Waals surface area contributed by atoms with Crippen molar-refractivity contribution in [1.29, 1.82) is 0 Å². The third-order valence-corrected chi connectivity index (χ3v) is 3.62. The van der Waals surface area contributed by atoms with Crippen molar-refractivity contribution in [2.75, 3.05) is 5.32 Å². The summed E-state index contributed by atoms with van der Waals surface area (Å²) in [6.45, 7) is 0. The number of hydrogen-bond acceptors (Lipinski definition) is 3. The third-order valence-electron chi connectivity index (χ3n) is 1.85. The Kier molecular flexibility index (Phi) is 2.62. The van der Waals surface area contributed by atoms with Gasteiger partial charge in [0.2, 0.25) is 0 Å². The van der Waals surface area contributed by atoms with Crippen molar-refractivity contribution in [3.8, 4) is 0 Å². The molecule has 15 heavy (non-hydrogen) atoms. The minimum atomic E-state index is -3.68. The Balaban J connectivity index is 2.60. The number of fused-ring (bicyclic) bond motifs is 1. The molecule has 7 heteroatoms. The van der Waals surface area contributed by atoms with E-state index in [1.54, 1.807) is 18.2 Å². The number of alkyl halides is 2. The highest BCUT2D eigenvalue weighted by Crippen LogP contribution is 2.28. The quantitative estimate of drug-likeness (QED) is 0.790. The van der Waals surface area contributed by atoms with Gasteiger partial charge in [-0.3, -0.25) is 0 Å². The van der Waals surface area contributed by atoms with Crippen LogP contribution >= 0.6 is 23.2 Å². The van der Waals surface area contributed by atoms with E-state index in [9.17, 15) is 8.42 Å².